The van der Waals surface area contributed by atoms with Gasteiger partial charge in [0.05, 0.1) is 0 Å². The number of hydrogen-bond donors (Lipinski definition) is 4. The summed E-state index contributed by atoms with van der Waals surface area (Å²) in [5, 5.41) is 14.9. The van der Waals surface area contributed by atoms with Gasteiger partial charge in [-0.05, 0) is 37.1 Å². The SMILES string of the molecule is C=C/C=C(\C=C)NC(=O)NCC(N)Cc1ccccc1O.C=CC.CC.CC. The highest BCUT2D eigenvalue weighted by molar-refractivity contribution is 5.76. The number of nitrogens with one attached hydrogen (secondary N) is 2. The molecule has 0 fully saturated rings. The number of rotatable bonds is 7. The van der Waals surface area contributed by atoms with Gasteiger partial charge in [0.2, 0.25) is 0 Å². The van der Waals surface area contributed by atoms with Crippen LogP contribution in [0.15, 0.2) is 74.0 Å². The molecule has 28 heavy (non-hydrogen) atoms. The lowest BCUT2D eigenvalue weighted by Gasteiger charge is -2.14. The normalized spacial score (nSPS) is 10.1. The number of urea groups is 1. The molecule has 2 amide bonds. The van der Waals surface area contributed by atoms with Crippen molar-refractivity contribution in [1.82, 2.24) is 10.6 Å². The first-order valence-electron chi connectivity index (χ1n) is 9.57. The molecule has 0 radical (unpaired) electrons. The van der Waals surface area contributed by atoms with Crippen molar-refractivity contribution in [2.75, 3.05) is 6.54 Å². The van der Waals surface area contributed by atoms with E-state index in [4.69, 9.17) is 5.73 Å². The zero-order valence-corrected chi connectivity index (χ0v) is 18.2. The predicted octanol–water partition coefficient (Wildman–Crippen LogP) is 5.06. The van der Waals surface area contributed by atoms with Gasteiger partial charge in [-0.15, -0.1) is 6.58 Å². The summed E-state index contributed by atoms with van der Waals surface area (Å²) in [4.78, 5) is 11.7. The third-order valence-corrected chi connectivity index (χ3v) is 2.77. The van der Waals surface area contributed by atoms with Gasteiger partial charge in [-0.1, -0.05) is 71.2 Å². The Morgan fingerprint density at radius 1 is 1.18 bits per heavy atom. The van der Waals surface area contributed by atoms with Crippen LogP contribution < -0.4 is 16.4 Å². The maximum Gasteiger partial charge on any atom is 0.319 e. The number of benzene rings is 1. The standard InChI is InChI=1S/C16H21N3O2.C3H6.2C2H6/c1-3-7-14(4-2)19-16(21)18-11-13(17)10-12-8-5-6-9-15(12)20;1-3-2;2*1-2/h3-9,13,20H,1-2,10-11,17H2,(H2,18,19,21);3H,1H2,2H3;2*1-2H3/b14-7+;;;. The van der Waals surface area contributed by atoms with E-state index in [9.17, 15) is 9.90 Å². The van der Waals surface area contributed by atoms with Crippen LogP contribution in [0.4, 0.5) is 4.79 Å². The van der Waals surface area contributed by atoms with Crippen LogP contribution in [0, 0.1) is 0 Å². The third kappa shape index (κ3) is 16.7. The number of hydrogen-bond acceptors (Lipinski definition) is 3. The van der Waals surface area contributed by atoms with Crippen molar-refractivity contribution in [1.29, 1.82) is 0 Å². The van der Waals surface area contributed by atoms with Crippen molar-refractivity contribution >= 4 is 6.03 Å². The number of nitrogens with two attached hydrogens (primary N) is 1. The fraction of sp³-hybridized carbons (Fsp3) is 0.348. The minimum Gasteiger partial charge on any atom is -0.508 e. The molecule has 0 aliphatic rings. The quantitative estimate of drug-likeness (QED) is 0.388. The van der Waals surface area contributed by atoms with E-state index >= 15 is 0 Å². The first-order valence-corrected chi connectivity index (χ1v) is 9.57. The molecule has 0 heterocycles. The summed E-state index contributed by atoms with van der Waals surface area (Å²) in [5.74, 6) is 0.209. The summed E-state index contributed by atoms with van der Waals surface area (Å²) in [6.07, 6.45) is 6.93. The molecule has 5 heteroatoms. The second-order valence-corrected chi connectivity index (χ2v) is 4.90. The molecule has 0 aliphatic heterocycles. The summed E-state index contributed by atoms with van der Waals surface area (Å²) in [6.45, 7) is 20.7. The van der Waals surface area contributed by atoms with Gasteiger partial charge < -0.3 is 21.5 Å². The van der Waals surface area contributed by atoms with Crippen molar-refractivity contribution in [3.8, 4) is 5.75 Å². The second-order valence-electron chi connectivity index (χ2n) is 4.90. The van der Waals surface area contributed by atoms with Crippen molar-refractivity contribution in [2.24, 2.45) is 5.73 Å². The van der Waals surface area contributed by atoms with Gasteiger partial charge in [0.15, 0.2) is 0 Å². The number of amides is 2. The van der Waals surface area contributed by atoms with Crippen LogP contribution >= 0.6 is 0 Å². The van der Waals surface area contributed by atoms with E-state index in [0.717, 1.165) is 5.56 Å². The van der Waals surface area contributed by atoms with Crippen LogP contribution in [-0.4, -0.2) is 23.7 Å². The Balaban J connectivity index is -0.000000789. The van der Waals surface area contributed by atoms with Crippen LogP contribution in [0.3, 0.4) is 0 Å². The van der Waals surface area contributed by atoms with Crippen LogP contribution in [0.25, 0.3) is 0 Å². The Hall–Kier alpha value is -2.79. The van der Waals surface area contributed by atoms with Gasteiger partial charge in [0.1, 0.15) is 5.75 Å². The average molecular weight is 390 g/mol. The molecule has 0 aliphatic carbocycles. The Labute approximate surface area is 171 Å². The van der Waals surface area contributed by atoms with E-state index in [1.807, 2.05) is 40.7 Å². The Morgan fingerprint density at radius 2 is 1.71 bits per heavy atom. The van der Waals surface area contributed by atoms with Gasteiger partial charge >= 0.3 is 6.03 Å². The maximum absolute atomic E-state index is 11.7. The predicted molar refractivity (Wildman–Crippen MR) is 123 cm³/mol. The molecule has 158 valence electrons. The second kappa shape index (κ2) is 22.3. The van der Waals surface area contributed by atoms with Gasteiger partial charge in [0.25, 0.3) is 0 Å². The van der Waals surface area contributed by atoms with Gasteiger partial charge in [-0.25, -0.2) is 4.79 Å². The Kier molecular flexibility index (Phi) is 23.8. The van der Waals surface area contributed by atoms with Gasteiger partial charge in [-0.3, -0.25) is 0 Å². The lowest BCUT2D eigenvalue weighted by molar-refractivity contribution is 0.243. The fourth-order valence-corrected chi connectivity index (χ4v) is 1.72. The number of aromatic hydroxyl groups is 1. The summed E-state index contributed by atoms with van der Waals surface area (Å²) < 4.78 is 0. The zero-order chi connectivity index (χ0) is 22.4. The Bertz CT molecular complexity index is 581. The van der Waals surface area contributed by atoms with Crippen molar-refractivity contribution in [3.05, 3.63) is 79.6 Å². The molecular weight excluding hydrogens is 350 g/mol. The highest BCUT2D eigenvalue weighted by Gasteiger charge is 2.09. The molecule has 0 bridgehead atoms. The minimum absolute atomic E-state index is 0.209. The number of allylic oxidation sites excluding steroid dienone is 4. The third-order valence-electron chi connectivity index (χ3n) is 2.77. The first-order chi connectivity index (χ1) is 13.5. The first kappa shape index (κ1) is 30.0. The molecule has 5 nitrogen and oxygen atoms in total. The van der Waals surface area contributed by atoms with E-state index in [2.05, 4.69) is 30.4 Å². The van der Waals surface area contributed by atoms with Crippen molar-refractivity contribution < 1.29 is 9.90 Å². The lowest BCUT2D eigenvalue weighted by atomic mass is 10.1. The largest absolute Gasteiger partial charge is 0.508 e. The average Bonchev–Trinajstić information content (AvgIpc) is 2.71. The molecule has 1 atom stereocenters. The van der Waals surface area contributed by atoms with Crippen LogP contribution in [0.5, 0.6) is 5.75 Å². The summed E-state index contributed by atoms with van der Waals surface area (Å²) in [6, 6.07) is 6.34. The lowest BCUT2D eigenvalue weighted by Crippen LogP contribution is -2.42. The number of phenolic OH excluding ortho intramolecular Hbond substituents is 1. The molecule has 0 saturated carbocycles. The molecule has 0 spiro atoms. The number of para-hydroxylation sites is 1. The van der Waals surface area contributed by atoms with Crippen LogP contribution in [0.1, 0.15) is 40.2 Å². The summed E-state index contributed by atoms with van der Waals surface area (Å²) >= 11 is 0. The molecule has 0 saturated heterocycles. The molecule has 1 unspecified atom stereocenters. The number of phenols is 1. The number of carbonyl (C=O) groups is 1. The summed E-state index contributed by atoms with van der Waals surface area (Å²) in [7, 11) is 0. The van der Waals surface area contributed by atoms with Gasteiger partial charge in [0, 0.05) is 18.3 Å². The van der Waals surface area contributed by atoms with E-state index in [-0.39, 0.29) is 17.8 Å². The molecule has 1 aromatic carbocycles. The zero-order valence-electron chi connectivity index (χ0n) is 18.2. The monoisotopic (exact) mass is 389 g/mol. The summed E-state index contributed by atoms with van der Waals surface area (Å²) in [5.41, 5.74) is 7.25. The van der Waals surface area contributed by atoms with Crippen molar-refractivity contribution in [3.63, 3.8) is 0 Å². The van der Waals surface area contributed by atoms with E-state index in [1.54, 1.807) is 36.4 Å². The molecule has 1 aromatic rings. The fourth-order valence-electron chi connectivity index (χ4n) is 1.72. The van der Waals surface area contributed by atoms with Crippen molar-refractivity contribution in [2.45, 2.75) is 47.1 Å². The van der Waals surface area contributed by atoms with E-state index in [0.29, 0.717) is 18.7 Å². The van der Waals surface area contributed by atoms with Gasteiger partial charge in [-0.2, -0.15) is 0 Å². The highest BCUT2D eigenvalue weighted by Crippen LogP contribution is 2.16. The molecular formula is C23H39N3O2. The van der Waals surface area contributed by atoms with Crippen LogP contribution in [0.2, 0.25) is 0 Å². The maximum atomic E-state index is 11.7. The molecule has 1 rings (SSSR count). The number of carbonyl (C=O) groups excluding carboxylic acids is 1. The van der Waals surface area contributed by atoms with E-state index < -0.39 is 0 Å². The van der Waals surface area contributed by atoms with E-state index in [1.165, 1.54) is 6.08 Å². The highest BCUT2D eigenvalue weighted by atomic mass is 16.3. The smallest absolute Gasteiger partial charge is 0.319 e. The molecule has 5 N–H and O–H groups in total. The Morgan fingerprint density at radius 3 is 2.18 bits per heavy atom. The topological polar surface area (TPSA) is 87.4 Å². The molecule has 0 aromatic heterocycles. The van der Waals surface area contributed by atoms with Crippen LogP contribution in [-0.2, 0) is 6.42 Å². The minimum atomic E-state index is -0.365.